The predicted octanol–water partition coefficient (Wildman–Crippen LogP) is 1.34. The van der Waals surface area contributed by atoms with Gasteiger partial charge in [0.15, 0.2) is 0 Å². The van der Waals surface area contributed by atoms with Gasteiger partial charge in [-0.1, -0.05) is 12.2 Å². The molecule has 0 aromatic heterocycles. The number of hydrogen-bond donors (Lipinski definition) is 0. The average Bonchev–Trinajstić information content (AvgIpc) is 1.91. The lowest BCUT2D eigenvalue weighted by Gasteiger charge is -1.90. The Morgan fingerprint density at radius 1 is 1.71 bits per heavy atom. The van der Waals surface area contributed by atoms with Crippen molar-refractivity contribution < 1.29 is 5.11 Å². The van der Waals surface area contributed by atoms with Crippen molar-refractivity contribution >= 4 is 17.1 Å². The van der Waals surface area contributed by atoms with Crippen LogP contribution in [0.4, 0.5) is 0 Å². The van der Waals surface area contributed by atoms with Crippen LogP contribution in [0.1, 0.15) is 19.3 Å². The third-order valence-corrected chi connectivity index (χ3v) is 1.72. The van der Waals surface area contributed by atoms with E-state index >= 15 is 0 Å². The van der Waals surface area contributed by atoms with Crippen LogP contribution in [0.25, 0.3) is 0 Å². The van der Waals surface area contributed by atoms with Gasteiger partial charge in [-0.2, -0.15) is 0 Å². The van der Waals surface area contributed by atoms with E-state index in [-0.39, 0.29) is 0 Å². The molecule has 1 saturated carbocycles. The topological polar surface area (TPSA) is 19.9 Å². The molecule has 1 atom stereocenters. The summed E-state index contributed by atoms with van der Waals surface area (Å²) in [6, 6.07) is 0. The Balaban J connectivity index is 2.48. The highest BCUT2D eigenvalue weighted by atomic mass is 32.1. The van der Waals surface area contributed by atoms with E-state index in [1.807, 2.05) is 0 Å². The Morgan fingerprint density at radius 2 is 2.43 bits per heavy atom. The monoisotopic (exact) mass is 115 g/mol. The molecule has 7 heavy (non-hydrogen) atoms. The van der Waals surface area contributed by atoms with E-state index in [1.165, 1.54) is 0 Å². The van der Waals surface area contributed by atoms with Crippen LogP contribution in [0.3, 0.4) is 0 Å². The van der Waals surface area contributed by atoms with Crippen LogP contribution < -0.4 is 0 Å². The van der Waals surface area contributed by atoms with E-state index in [1.54, 1.807) is 0 Å². The molecule has 1 rings (SSSR count). The van der Waals surface area contributed by atoms with Gasteiger partial charge in [-0.15, -0.1) is 0 Å². The minimum Gasteiger partial charge on any atom is -0.227 e. The first kappa shape index (κ1) is 5.19. The second kappa shape index (κ2) is 1.88. The Morgan fingerprint density at radius 3 is 2.57 bits per heavy atom. The molecule has 39 valence electrons. The third kappa shape index (κ3) is 0.983. The van der Waals surface area contributed by atoms with Gasteiger partial charge in [-0.3, -0.25) is 0 Å². The quantitative estimate of drug-likeness (QED) is 0.436. The first-order chi connectivity index (χ1) is 3.30. The summed E-state index contributed by atoms with van der Waals surface area (Å²) in [7, 11) is 0. The van der Waals surface area contributed by atoms with Crippen LogP contribution in [0.5, 0.6) is 0 Å². The zero-order valence-corrected chi connectivity index (χ0v) is 4.83. The maximum Gasteiger partial charge on any atom is 0.124 e. The third-order valence-electron chi connectivity index (χ3n) is 1.25. The van der Waals surface area contributed by atoms with Crippen LogP contribution in [0, 0.1) is 0 Å². The highest BCUT2D eigenvalue weighted by molar-refractivity contribution is 7.80. The zero-order chi connectivity index (χ0) is 5.28. The first-order valence-electron chi connectivity index (χ1n) is 2.49. The SMILES string of the molecule is [O]C1CCCC1=S. The molecule has 0 amide bonds. The first-order valence-corrected chi connectivity index (χ1v) is 2.90. The summed E-state index contributed by atoms with van der Waals surface area (Å²) in [5.41, 5.74) is 0. The highest BCUT2D eigenvalue weighted by Crippen LogP contribution is 2.15. The Bertz CT molecular complexity index is 90.1. The van der Waals surface area contributed by atoms with E-state index in [0.717, 1.165) is 24.1 Å². The molecule has 0 aromatic rings. The fourth-order valence-corrected chi connectivity index (χ4v) is 1.05. The Kier molecular flexibility index (Phi) is 1.40. The van der Waals surface area contributed by atoms with Crippen molar-refractivity contribution in [2.45, 2.75) is 25.4 Å². The number of hydrogen-bond acceptors (Lipinski definition) is 1. The van der Waals surface area contributed by atoms with Crippen LogP contribution in [-0.4, -0.2) is 11.0 Å². The van der Waals surface area contributed by atoms with Gasteiger partial charge in [0.05, 0.1) is 0 Å². The molecular weight excluding hydrogens is 108 g/mol. The fraction of sp³-hybridized carbons (Fsp3) is 0.800. The van der Waals surface area contributed by atoms with Crippen molar-refractivity contribution in [1.82, 2.24) is 0 Å². The molecule has 1 aliphatic carbocycles. The molecule has 0 heterocycles. The summed E-state index contributed by atoms with van der Waals surface area (Å²) >= 11 is 4.73. The summed E-state index contributed by atoms with van der Waals surface area (Å²) in [4.78, 5) is 0.736. The van der Waals surface area contributed by atoms with Crippen LogP contribution in [-0.2, 0) is 5.11 Å². The molecular formula is C5H7OS. The lowest BCUT2D eigenvalue weighted by molar-refractivity contribution is 0.148. The minimum atomic E-state index is -0.505. The smallest absolute Gasteiger partial charge is 0.124 e. The van der Waals surface area contributed by atoms with Gasteiger partial charge in [0.25, 0.3) is 0 Å². The van der Waals surface area contributed by atoms with Gasteiger partial charge in [0.2, 0.25) is 0 Å². The molecule has 0 aliphatic heterocycles. The molecule has 1 unspecified atom stereocenters. The van der Waals surface area contributed by atoms with Crippen molar-refractivity contribution in [3.05, 3.63) is 0 Å². The molecule has 1 fully saturated rings. The van der Waals surface area contributed by atoms with Crippen molar-refractivity contribution in [2.75, 3.05) is 0 Å². The van der Waals surface area contributed by atoms with Gasteiger partial charge in [0.1, 0.15) is 6.10 Å². The van der Waals surface area contributed by atoms with Gasteiger partial charge in [0, 0.05) is 4.86 Å². The Labute approximate surface area is 48.3 Å². The minimum absolute atomic E-state index is 0.505. The number of thiocarbonyl (C=S) groups is 1. The van der Waals surface area contributed by atoms with E-state index in [0.29, 0.717) is 0 Å². The van der Waals surface area contributed by atoms with Gasteiger partial charge < -0.3 is 0 Å². The summed E-state index contributed by atoms with van der Waals surface area (Å²) in [6.07, 6.45) is 2.19. The summed E-state index contributed by atoms with van der Waals surface area (Å²) in [5, 5.41) is 10.5. The second-order valence-corrected chi connectivity index (χ2v) is 2.37. The average molecular weight is 115 g/mol. The molecule has 1 radical (unpaired) electrons. The molecule has 2 heteroatoms. The van der Waals surface area contributed by atoms with Crippen LogP contribution in [0.2, 0.25) is 0 Å². The molecule has 0 spiro atoms. The maximum atomic E-state index is 10.5. The molecule has 1 nitrogen and oxygen atoms in total. The number of rotatable bonds is 0. The zero-order valence-electron chi connectivity index (χ0n) is 4.02. The van der Waals surface area contributed by atoms with Gasteiger partial charge >= 0.3 is 0 Å². The van der Waals surface area contributed by atoms with E-state index in [2.05, 4.69) is 0 Å². The van der Waals surface area contributed by atoms with Crippen molar-refractivity contribution in [3.8, 4) is 0 Å². The molecule has 0 N–H and O–H groups in total. The summed E-state index contributed by atoms with van der Waals surface area (Å²) in [6.45, 7) is 0. The second-order valence-electron chi connectivity index (χ2n) is 1.85. The molecule has 0 aromatic carbocycles. The standard InChI is InChI=1S/C5H7OS/c6-4-2-1-3-5(4)7/h4H,1-3H2. The van der Waals surface area contributed by atoms with E-state index < -0.39 is 6.10 Å². The molecule has 0 bridgehead atoms. The molecule has 1 aliphatic rings. The lowest BCUT2D eigenvalue weighted by atomic mass is 10.3. The van der Waals surface area contributed by atoms with Crippen LogP contribution in [0.15, 0.2) is 0 Å². The van der Waals surface area contributed by atoms with Crippen LogP contribution >= 0.6 is 12.2 Å². The largest absolute Gasteiger partial charge is 0.227 e. The van der Waals surface area contributed by atoms with Crippen molar-refractivity contribution in [2.24, 2.45) is 0 Å². The lowest BCUT2D eigenvalue weighted by Crippen LogP contribution is -2.06. The van der Waals surface area contributed by atoms with Gasteiger partial charge in [-0.05, 0) is 19.3 Å². The highest BCUT2D eigenvalue weighted by Gasteiger charge is 2.18. The molecule has 0 saturated heterocycles. The van der Waals surface area contributed by atoms with E-state index in [4.69, 9.17) is 12.2 Å². The van der Waals surface area contributed by atoms with Crippen molar-refractivity contribution in [1.29, 1.82) is 0 Å². The Hall–Kier alpha value is 0.0500. The van der Waals surface area contributed by atoms with E-state index in [9.17, 15) is 5.11 Å². The van der Waals surface area contributed by atoms with Gasteiger partial charge in [-0.25, -0.2) is 5.11 Å². The normalized spacial score (nSPS) is 31.6. The summed E-state index contributed by atoms with van der Waals surface area (Å²) < 4.78 is 0. The summed E-state index contributed by atoms with van der Waals surface area (Å²) in [5.74, 6) is 0. The fourth-order valence-electron chi connectivity index (χ4n) is 0.784. The maximum absolute atomic E-state index is 10.5. The van der Waals surface area contributed by atoms with Crippen molar-refractivity contribution in [3.63, 3.8) is 0 Å². The predicted molar refractivity (Wildman–Crippen MR) is 30.9 cm³/mol.